The van der Waals surface area contributed by atoms with E-state index in [1.807, 2.05) is 0 Å². The van der Waals surface area contributed by atoms with Crippen LogP contribution < -0.4 is 10.6 Å². The van der Waals surface area contributed by atoms with Crippen LogP contribution in [-0.4, -0.2) is 23.5 Å². The van der Waals surface area contributed by atoms with E-state index in [4.69, 9.17) is 0 Å². The van der Waals surface area contributed by atoms with Gasteiger partial charge in [-0.3, -0.25) is 4.79 Å². The molecule has 0 aromatic carbocycles. The van der Waals surface area contributed by atoms with E-state index >= 15 is 0 Å². The number of amides is 1. The minimum absolute atomic E-state index is 0.118. The molecule has 3 heteroatoms. The fraction of sp³-hybridized carbons (Fsp3) is 0.968. The summed E-state index contributed by atoms with van der Waals surface area (Å²) in [4.78, 5) is 13.6. The Morgan fingerprint density at radius 1 is 0.706 bits per heavy atom. The Kier molecular flexibility index (Phi) is 11.9. The van der Waals surface area contributed by atoms with Gasteiger partial charge in [0.25, 0.3) is 0 Å². The molecule has 3 nitrogen and oxygen atoms in total. The highest BCUT2D eigenvalue weighted by molar-refractivity contribution is 5.78. The van der Waals surface area contributed by atoms with Crippen molar-refractivity contribution in [3.63, 3.8) is 0 Å². The molecule has 3 unspecified atom stereocenters. The minimum atomic E-state index is 0.118. The lowest BCUT2D eigenvalue weighted by Crippen LogP contribution is -2.53. The van der Waals surface area contributed by atoms with Gasteiger partial charge >= 0.3 is 0 Å². The van der Waals surface area contributed by atoms with Crippen LogP contribution in [0.25, 0.3) is 0 Å². The molecular formula is C31H60N2O. The number of nitrogens with one attached hydrogen (secondary N) is 2. The van der Waals surface area contributed by atoms with Crippen LogP contribution in [0.5, 0.6) is 0 Å². The summed E-state index contributed by atoms with van der Waals surface area (Å²) in [6.07, 6.45) is 21.1. The van der Waals surface area contributed by atoms with E-state index in [2.05, 4.69) is 59.1 Å². The molecule has 2 saturated carbocycles. The average Bonchev–Trinajstić information content (AvgIpc) is 2.70. The summed E-state index contributed by atoms with van der Waals surface area (Å²) >= 11 is 0. The Balaban J connectivity index is 2.03. The van der Waals surface area contributed by atoms with Gasteiger partial charge in [-0.15, -0.1) is 0 Å². The lowest BCUT2D eigenvalue weighted by Gasteiger charge is -2.42. The van der Waals surface area contributed by atoms with Crippen molar-refractivity contribution < 1.29 is 4.79 Å². The highest BCUT2D eigenvalue weighted by Gasteiger charge is 2.35. The SMILES string of the molecule is CC1(C)CCCCCCC(C(=O)NC2CCCCCCC(NC(C)(C)C)C(C)(C)C2)CCCC1. The first kappa shape index (κ1) is 29.7. The predicted molar refractivity (Wildman–Crippen MR) is 148 cm³/mol. The van der Waals surface area contributed by atoms with Gasteiger partial charge in [-0.25, -0.2) is 0 Å². The number of carbonyl (C=O) groups is 1. The zero-order valence-electron chi connectivity index (χ0n) is 24.2. The van der Waals surface area contributed by atoms with Crippen molar-refractivity contribution in [1.29, 1.82) is 0 Å². The van der Waals surface area contributed by atoms with Crippen LogP contribution in [0.15, 0.2) is 0 Å². The van der Waals surface area contributed by atoms with Gasteiger partial charge in [0.1, 0.15) is 0 Å². The monoisotopic (exact) mass is 476 g/mol. The molecule has 3 atom stereocenters. The minimum Gasteiger partial charge on any atom is -0.353 e. The van der Waals surface area contributed by atoms with Crippen LogP contribution in [0.3, 0.4) is 0 Å². The maximum absolute atomic E-state index is 13.6. The number of hydrogen-bond donors (Lipinski definition) is 2. The zero-order valence-corrected chi connectivity index (χ0v) is 24.2. The average molecular weight is 477 g/mol. The molecule has 0 aliphatic heterocycles. The molecule has 0 spiro atoms. The first-order chi connectivity index (χ1) is 15.9. The molecule has 2 N–H and O–H groups in total. The summed E-state index contributed by atoms with van der Waals surface area (Å²) in [6, 6.07) is 0.805. The summed E-state index contributed by atoms with van der Waals surface area (Å²) in [7, 11) is 0. The lowest BCUT2D eigenvalue weighted by atomic mass is 9.74. The molecule has 0 aromatic rings. The molecule has 1 amide bonds. The van der Waals surface area contributed by atoms with Gasteiger partial charge < -0.3 is 10.6 Å². The fourth-order valence-corrected chi connectivity index (χ4v) is 6.47. The van der Waals surface area contributed by atoms with Crippen molar-refractivity contribution >= 4 is 5.91 Å². The summed E-state index contributed by atoms with van der Waals surface area (Å²) in [5.74, 6) is 0.569. The van der Waals surface area contributed by atoms with Gasteiger partial charge in [0, 0.05) is 23.5 Å². The Labute approximate surface area is 213 Å². The molecule has 2 rings (SSSR count). The summed E-state index contributed by atoms with van der Waals surface area (Å²) in [5.41, 5.74) is 0.754. The summed E-state index contributed by atoms with van der Waals surface area (Å²) in [6.45, 7) is 16.6. The van der Waals surface area contributed by atoms with Crippen molar-refractivity contribution in [1.82, 2.24) is 10.6 Å². The third-order valence-electron chi connectivity index (χ3n) is 8.65. The number of carbonyl (C=O) groups excluding carboxylic acids is 1. The second kappa shape index (κ2) is 13.7. The zero-order chi connectivity index (χ0) is 25.2. The molecule has 2 aliphatic rings. The topological polar surface area (TPSA) is 41.1 Å². The van der Waals surface area contributed by atoms with Crippen LogP contribution >= 0.6 is 0 Å². The first-order valence-electron chi connectivity index (χ1n) is 15.0. The van der Waals surface area contributed by atoms with Gasteiger partial charge in [-0.05, 0) is 76.5 Å². The quantitative estimate of drug-likeness (QED) is 0.428. The number of hydrogen-bond acceptors (Lipinski definition) is 2. The normalized spacial score (nSPS) is 30.4. The van der Waals surface area contributed by atoms with E-state index in [9.17, 15) is 4.79 Å². The predicted octanol–water partition coefficient (Wildman–Crippen LogP) is 8.56. The Morgan fingerprint density at radius 2 is 1.21 bits per heavy atom. The van der Waals surface area contributed by atoms with Crippen molar-refractivity contribution in [2.45, 2.75) is 175 Å². The number of rotatable bonds is 3. The molecule has 200 valence electrons. The van der Waals surface area contributed by atoms with Gasteiger partial charge in [0.2, 0.25) is 5.91 Å². The van der Waals surface area contributed by atoms with E-state index in [0.717, 1.165) is 25.7 Å². The highest BCUT2D eigenvalue weighted by Crippen LogP contribution is 2.35. The van der Waals surface area contributed by atoms with E-state index in [1.165, 1.54) is 83.5 Å². The molecule has 34 heavy (non-hydrogen) atoms. The second-order valence-corrected chi connectivity index (χ2v) is 14.4. The van der Waals surface area contributed by atoms with Crippen LogP contribution in [-0.2, 0) is 4.79 Å². The second-order valence-electron chi connectivity index (χ2n) is 14.4. The fourth-order valence-electron chi connectivity index (χ4n) is 6.47. The van der Waals surface area contributed by atoms with Crippen molar-refractivity contribution in [3.05, 3.63) is 0 Å². The largest absolute Gasteiger partial charge is 0.353 e. The molecule has 2 aliphatic carbocycles. The maximum Gasteiger partial charge on any atom is 0.223 e. The highest BCUT2D eigenvalue weighted by atomic mass is 16.1. The molecular weight excluding hydrogens is 416 g/mol. The molecule has 0 radical (unpaired) electrons. The third-order valence-corrected chi connectivity index (χ3v) is 8.65. The molecule has 0 heterocycles. The standard InChI is InChI=1S/C31H60N2O/c1-29(2,3)33-27-21-14-9-8-13-20-26(24-31(27,6)7)32-28(34)25-18-12-10-11-16-22-30(4,5)23-17-15-19-25/h25-27,33H,8-24H2,1-7H3,(H,32,34). The van der Waals surface area contributed by atoms with E-state index < -0.39 is 0 Å². The summed E-state index contributed by atoms with van der Waals surface area (Å²) < 4.78 is 0. The Morgan fingerprint density at radius 3 is 1.82 bits per heavy atom. The van der Waals surface area contributed by atoms with E-state index in [0.29, 0.717) is 23.4 Å². The van der Waals surface area contributed by atoms with Gasteiger partial charge in [0.05, 0.1) is 0 Å². The van der Waals surface area contributed by atoms with Crippen LogP contribution in [0.1, 0.15) is 158 Å². The van der Waals surface area contributed by atoms with Crippen LogP contribution in [0, 0.1) is 16.7 Å². The molecule has 2 fully saturated rings. The molecule has 0 aromatic heterocycles. The summed E-state index contributed by atoms with van der Waals surface area (Å²) in [5, 5.41) is 7.54. The smallest absolute Gasteiger partial charge is 0.223 e. The van der Waals surface area contributed by atoms with Gasteiger partial charge in [0.15, 0.2) is 0 Å². The van der Waals surface area contributed by atoms with Crippen LogP contribution in [0.4, 0.5) is 0 Å². The van der Waals surface area contributed by atoms with Crippen molar-refractivity contribution in [2.75, 3.05) is 0 Å². The lowest BCUT2D eigenvalue weighted by molar-refractivity contribution is -0.126. The molecule has 0 saturated heterocycles. The Hall–Kier alpha value is -0.570. The van der Waals surface area contributed by atoms with Crippen molar-refractivity contribution in [3.8, 4) is 0 Å². The Bertz CT molecular complexity index is 589. The van der Waals surface area contributed by atoms with E-state index in [1.54, 1.807) is 0 Å². The van der Waals surface area contributed by atoms with E-state index in [-0.39, 0.29) is 16.9 Å². The first-order valence-corrected chi connectivity index (χ1v) is 15.0. The van der Waals surface area contributed by atoms with Crippen molar-refractivity contribution in [2.24, 2.45) is 16.7 Å². The maximum atomic E-state index is 13.6. The van der Waals surface area contributed by atoms with Gasteiger partial charge in [-0.1, -0.05) is 91.9 Å². The third kappa shape index (κ3) is 11.4. The molecule has 0 bridgehead atoms. The van der Waals surface area contributed by atoms with Crippen LogP contribution in [0.2, 0.25) is 0 Å². The van der Waals surface area contributed by atoms with Gasteiger partial charge in [-0.2, -0.15) is 0 Å².